The van der Waals surface area contributed by atoms with Gasteiger partial charge < -0.3 is 0 Å². The summed E-state index contributed by atoms with van der Waals surface area (Å²) >= 11 is 13.6. The molecule has 0 atom stereocenters. The summed E-state index contributed by atoms with van der Waals surface area (Å²) in [5, 5.41) is 5.86. The number of benzene rings is 1. The molecule has 5 heteroatoms. The lowest BCUT2D eigenvalue weighted by atomic mass is 10.1. The van der Waals surface area contributed by atoms with Crippen molar-refractivity contribution >= 4 is 45.4 Å². The van der Waals surface area contributed by atoms with Crippen molar-refractivity contribution in [2.75, 3.05) is 0 Å². The van der Waals surface area contributed by atoms with Gasteiger partial charge in [0.1, 0.15) is 0 Å². The summed E-state index contributed by atoms with van der Waals surface area (Å²) in [6, 6.07) is 7.51. The first-order valence-electron chi connectivity index (χ1n) is 4.89. The number of hydrogen-bond acceptors (Lipinski definition) is 3. The first-order valence-corrected chi connectivity index (χ1v) is 6.59. The molecule has 0 unspecified atom stereocenters. The van der Waals surface area contributed by atoms with Gasteiger partial charge in [-0.1, -0.05) is 11.6 Å². The Morgan fingerprint density at radius 1 is 1.06 bits per heavy atom. The van der Waals surface area contributed by atoms with Crippen LogP contribution in [0.15, 0.2) is 35.0 Å². The van der Waals surface area contributed by atoms with Gasteiger partial charge in [-0.15, -0.1) is 0 Å². The van der Waals surface area contributed by atoms with Crippen molar-refractivity contribution in [2.45, 2.75) is 0 Å². The van der Waals surface area contributed by atoms with Crippen LogP contribution >= 0.6 is 34.5 Å². The monoisotopic (exact) mass is 280 g/mol. The van der Waals surface area contributed by atoms with E-state index in [4.69, 9.17) is 23.2 Å². The van der Waals surface area contributed by atoms with E-state index in [1.165, 1.54) is 0 Å². The third-order valence-corrected chi connectivity index (χ3v) is 3.51. The second-order valence-electron chi connectivity index (χ2n) is 3.51. The number of rotatable bonds is 1. The van der Waals surface area contributed by atoms with Gasteiger partial charge in [0.05, 0.1) is 11.2 Å². The van der Waals surface area contributed by atoms with Crippen molar-refractivity contribution in [3.8, 4) is 11.3 Å². The van der Waals surface area contributed by atoms with Crippen LogP contribution in [0.25, 0.3) is 22.2 Å². The number of halogens is 2. The molecule has 0 radical (unpaired) electrons. The lowest BCUT2D eigenvalue weighted by molar-refractivity contribution is 1.23. The maximum absolute atomic E-state index is 6.01. The molecule has 0 amide bonds. The molecule has 0 fully saturated rings. The number of hydrogen-bond donors (Lipinski definition) is 0. The van der Waals surface area contributed by atoms with E-state index >= 15 is 0 Å². The molecular formula is C12H6Cl2N2S. The molecule has 84 valence electrons. The van der Waals surface area contributed by atoms with Gasteiger partial charge in [-0.2, -0.15) is 11.3 Å². The first kappa shape index (κ1) is 11.0. The molecule has 2 aromatic heterocycles. The van der Waals surface area contributed by atoms with Crippen molar-refractivity contribution in [2.24, 2.45) is 0 Å². The van der Waals surface area contributed by atoms with Crippen molar-refractivity contribution in [1.82, 2.24) is 9.97 Å². The largest absolute Gasteiger partial charge is 0.223 e. The van der Waals surface area contributed by atoms with Crippen molar-refractivity contribution in [3.05, 3.63) is 45.3 Å². The van der Waals surface area contributed by atoms with Gasteiger partial charge in [0.25, 0.3) is 0 Å². The Balaban J connectivity index is 2.39. The minimum Gasteiger partial charge on any atom is -0.218 e. The minimum absolute atomic E-state index is 0.251. The predicted octanol–water partition coefficient (Wildman–Crippen LogP) is 4.67. The Hall–Kier alpha value is -1.16. The zero-order valence-electron chi connectivity index (χ0n) is 8.52. The van der Waals surface area contributed by atoms with Crippen LogP contribution in [-0.4, -0.2) is 9.97 Å². The lowest BCUT2D eigenvalue weighted by Gasteiger charge is -2.04. The van der Waals surface area contributed by atoms with Crippen LogP contribution in [0.3, 0.4) is 0 Å². The number of thiophene rings is 1. The molecule has 0 N–H and O–H groups in total. The zero-order chi connectivity index (χ0) is 11.8. The molecule has 3 rings (SSSR count). The molecule has 0 saturated heterocycles. The molecule has 0 saturated carbocycles. The zero-order valence-corrected chi connectivity index (χ0v) is 10.9. The van der Waals surface area contributed by atoms with Crippen molar-refractivity contribution < 1.29 is 0 Å². The lowest BCUT2D eigenvalue weighted by Crippen LogP contribution is -1.90. The highest BCUT2D eigenvalue weighted by atomic mass is 35.5. The summed E-state index contributed by atoms with van der Waals surface area (Å²) in [6.07, 6.45) is 0. The van der Waals surface area contributed by atoms with E-state index in [9.17, 15) is 0 Å². The Bertz CT molecular complexity index is 680. The van der Waals surface area contributed by atoms with Crippen LogP contribution in [0.5, 0.6) is 0 Å². The van der Waals surface area contributed by atoms with E-state index in [0.717, 1.165) is 22.2 Å². The number of fused-ring (bicyclic) bond motifs is 1. The van der Waals surface area contributed by atoms with Gasteiger partial charge in [0, 0.05) is 21.4 Å². The molecular weight excluding hydrogens is 275 g/mol. The second kappa shape index (κ2) is 4.26. The number of nitrogens with zero attached hydrogens (tertiary/aromatic N) is 2. The highest BCUT2D eigenvalue weighted by molar-refractivity contribution is 7.08. The fourth-order valence-electron chi connectivity index (χ4n) is 1.69. The molecule has 17 heavy (non-hydrogen) atoms. The van der Waals surface area contributed by atoms with E-state index in [1.807, 2.05) is 29.0 Å². The summed E-state index contributed by atoms with van der Waals surface area (Å²) in [5.74, 6) is 0. The van der Waals surface area contributed by atoms with Crippen LogP contribution in [0.2, 0.25) is 10.3 Å². The summed E-state index contributed by atoms with van der Waals surface area (Å²) in [7, 11) is 0. The van der Waals surface area contributed by atoms with Crippen LogP contribution < -0.4 is 0 Å². The van der Waals surface area contributed by atoms with Crippen LogP contribution in [0.1, 0.15) is 0 Å². The van der Waals surface area contributed by atoms with Gasteiger partial charge >= 0.3 is 0 Å². The Morgan fingerprint density at radius 2 is 1.94 bits per heavy atom. The maximum Gasteiger partial charge on any atom is 0.223 e. The van der Waals surface area contributed by atoms with Gasteiger partial charge in [-0.3, -0.25) is 0 Å². The maximum atomic E-state index is 6.01. The average molecular weight is 281 g/mol. The quantitative estimate of drug-likeness (QED) is 0.606. The summed E-state index contributed by atoms with van der Waals surface area (Å²) in [6.45, 7) is 0. The van der Waals surface area contributed by atoms with E-state index in [1.54, 1.807) is 17.4 Å². The molecule has 1 aromatic carbocycles. The molecule has 3 aromatic rings. The first-order chi connectivity index (χ1) is 8.24. The fraction of sp³-hybridized carbons (Fsp3) is 0. The normalized spacial score (nSPS) is 10.9. The standard InChI is InChI=1S/C12H6Cl2N2S/c13-8-1-2-10-9(5-8)11(16-12(14)15-10)7-3-4-17-6-7/h1-6H. The fourth-order valence-corrected chi connectivity index (χ4v) is 2.68. The van der Waals surface area contributed by atoms with Crippen LogP contribution in [0, 0.1) is 0 Å². The molecule has 0 bridgehead atoms. The van der Waals surface area contributed by atoms with E-state index in [0.29, 0.717) is 5.02 Å². The molecule has 0 aliphatic carbocycles. The second-order valence-corrected chi connectivity index (χ2v) is 5.07. The molecule has 2 nitrogen and oxygen atoms in total. The predicted molar refractivity (Wildman–Crippen MR) is 72.9 cm³/mol. The average Bonchev–Trinajstić information content (AvgIpc) is 2.82. The Morgan fingerprint density at radius 3 is 2.71 bits per heavy atom. The van der Waals surface area contributed by atoms with Gasteiger partial charge in [-0.05, 0) is 41.2 Å². The molecule has 0 aliphatic rings. The summed E-state index contributed by atoms with van der Waals surface area (Å²) in [5.41, 5.74) is 2.66. The Labute approximate surface area is 112 Å². The summed E-state index contributed by atoms with van der Waals surface area (Å²) < 4.78 is 0. The van der Waals surface area contributed by atoms with Crippen molar-refractivity contribution in [1.29, 1.82) is 0 Å². The highest BCUT2D eigenvalue weighted by Crippen LogP contribution is 2.30. The van der Waals surface area contributed by atoms with Gasteiger partial charge in [0.15, 0.2) is 0 Å². The highest BCUT2D eigenvalue weighted by Gasteiger charge is 2.09. The Kier molecular flexibility index (Phi) is 2.74. The van der Waals surface area contributed by atoms with E-state index in [-0.39, 0.29) is 5.28 Å². The minimum atomic E-state index is 0.251. The topological polar surface area (TPSA) is 25.8 Å². The van der Waals surface area contributed by atoms with E-state index < -0.39 is 0 Å². The van der Waals surface area contributed by atoms with Crippen LogP contribution in [0.4, 0.5) is 0 Å². The van der Waals surface area contributed by atoms with Crippen LogP contribution in [-0.2, 0) is 0 Å². The number of aromatic nitrogens is 2. The third kappa shape index (κ3) is 2.02. The van der Waals surface area contributed by atoms with Crippen molar-refractivity contribution in [3.63, 3.8) is 0 Å². The smallest absolute Gasteiger partial charge is 0.218 e. The van der Waals surface area contributed by atoms with Gasteiger partial charge in [0.2, 0.25) is 5.28 Å². The SMILES string of the molecule is Clc1ccc2nc(Cl)nc(-c3ccsc3)c2c1. The van der Waals surface area contributed by atoms with Gasteiger partial charge in [-0.25, -0.2) is 9.97 Å². The van der Waals surface area contributed by atoms with E-state index in [2.05, 4.69) is 9.97 Å². The third-order valence-electron chi connectivity index (χ3n) is 2.43. The molecule has 0 aliphatic heterocycles. The molecule has 2 heterocycles. The summed E-state index contributed by atoms with van der Waals surface area (Å²) in [4.78, 5) is 8.47. The molecule has 0 spiro atoms.